The number of benzene rings is 1. The van der Waals surface area contributed by atoms with Gasteiger partial charge < -0.3 is 0 Å². The van der Waals surface area contributed by atoms with Gasteiger partial charge in [-0.15, -0.1) is 0 Å². The molecule has 0 aliphatic heterocycles. The van der Waals surface area contributed by atoms with Crippen LogP contribution in [-0.4, -0.2) is 8.42 Å². The maximum Gasteiger partial charge on any atom is 0.262 e. The molecule has 5 heteroatoms. The Bertz CT molecular complexity index is 434. The Morgan fingerprint density at radius 2 is 1.79 bits per heavy atom. The van der Waals surface area contributed by atoms with E-state index >= 15 is 0 Å². The van der Waals surface area contributed by atoms with Crippen LogP contribution in [-0.2, 0) is 9.05 Å². The fourth-order valence-corrected chi connectivity index (χ4v) is 1.79. The smallest absolute Gasteiger partial charge is 0.207 e. The summed E-state index contributed by atoms with van der Waals surface area (Å²) in [7, 11) is 1.27. The van der Waals surface area contributed by atoms with E-state index in [1.165, 1.54) is 18.2 Å². The van der Waals surface area contributed by atoms with Gasteiger partial charge in [0.1, 0.15) is 11.0 Å². The molecule has 14 heavy (non-hydrogen) atoms. The van der Waals surface area contributed by atoms with Crippen molar-refractivity contribution in [3.05, 3.63) is 29.8 Å². The van der Waals surface area contributed by atoms with Crippen LogP contribution in [0.5, 0.6) is 0 Å². The highest BCUT2D eigenvalue weighted by molar-refractivity contribution is 8.13. The number of halogens is 1. The van der Waals surface area contributed by atoms with Crippen molar-refractivity contribution in [1.82, 2.24) is 0 Å². The Labute approximate surface area is 88.4 Å². The first-order valence-electron chi connectivity index (χ1n) is 3.99. The van der Waals surface area contributed by atoms with Crippen molar-refractivity contribution >= 4 is 19.7 Å². The van der Waals surface area contributed by atoms with Gasteiger partial charge in [-0.25, -0.2) is 8.42 Å². The van der Waals surface area contributed by atoms with Gasteiger partial charge >= 0.3 is 0 Å². The van der Waals surface area contributed by atoms with Crippen molar-refractivity contribution in [2.45, 2.75) is 18.7 Å². The lowest BCUT2D eigenvalue weighted by molar-refractivity contribution is 0.609. The Hall–Kier alpha value is -1.05. The quantitative estimate of drug-likeness (QED) is 0.698. The summed E-state index contributed by atoms with van der Waals surface area (Å²) >= 11 is 0. The average Bonchev–Trinajstić information content (AvgIpc) is 2.19. The number of rotatable bonds is 1. The molecule has 0 aromatic heterocycles. The summed E-state index contributed by atoms with van der Waals surface area (Å²) in [6.45, 7) is 4.00. The van der Waals surface area contributed by atoms with E-state index in [4.69, 9.17) is 15.9 Å². The highest BCUT2D eigenvalue weighted by Gasteiger charge is 2.13. The van der Waals surface area contributed by atoms with Crippen molar-refractivity contribution in [2.75, 3.05) is 0 Å². The summed E-state index contributed by atoms with van der Waals surface area (Å²) in [5.41, 5.74) is 0.0625. The normalized spacial score (nSPS) is 9.57. The molecule has 1 aromatic carbocycles. The first-order chi connectivity index (χ1) is 6.55. The van der Waals surface area contributed by atoms with E-state index in [0.29, 0.717) is 0 Å². The van der Waals surface area contributed by atoms with E-state index < -0.39 is 9.05 Å². The standard InChI is InChI=1S/C7H4ClNO2S.C2H6/c8-12(10,11)7-4-2-1-3-6(7)5-9;1-2/h1-4H;1-2H3. The molecule has 76 valence electrons. The van der Waals surface area contributed by atoms with Crippen molar-refractivity contribution in [3.63, 3.8) is 0 Å². The molecule has 0 saturated carbocycles. The second kappa shape index (κ2) is 5.63. The maximum absolute atomic E-state index is 10.8. The van der Waals surface area contributed by atoms with E-state index in [9.17, 15) is 8.42 Å². The number of nitrogens with zero attached hydrogens (tertiary/aromatic N) is 1. The summed E-state index contributed by atoms with van der Waals surface area (Å²) in [6, 6.07) is 7.51. The van der Waals surface area contributed by atoms with Gasteiger partial charge in [-0.3, -0.25) is 0 Å². The fraction of sp³-hybridized carbons (Fsp3) is 0.222. The van der Waals surface area contributed by atoms with E-state index in [1.807, 2.05) is 13.8 Å². The lowest BCUT2D eigenvalue weighted by atomic mass is 10.2. The average molecular weight is 232 g/mol. The SMILES string of the molecule is CC.N#Cc1ccccc1S(=O)(=O)Cl. The second-order valence-corrected chi connectivity index (χ2v) is 4.58. The summed E-state index contributed by atoms with van der Waals surface area (Å²) in [5.74, 6) is 0. The third-order valence-electron chi connectivity index (χ3n) is 1.27. The third kappa shape index (κ3) is 3.36. The van der Waals surface area contributed by atoms with Gasteiger partial charge in [-0.1, -0.05) is 26.0 Å². The van der Waals surface area contributed by atoms with Crippen molar-refractivity contribution in [1.29, 1.82) is 5.26 Å². The van der Waals surface area contributed by atoms with Gasteiger partial charge in [0.2, 0.25) is 0 Å². The monoisotopic (exact) mass is 231 g/mol. The molecule has 0 atom stereocenters. The molecule has 0 aliphatic carbocycles. The molecule has 3 nitrogen and oxygen atoms in total. The summed E-state index contributed by atoms with van der Waals surface area (Å²) in [6.07, 6.45) is 0. The molecule has 0 saturated heterocycles. The van der Waals surface area contributed by atoms with Gasteiger partial charge in [-0.2, -0.15) is 5.26 Å². The van der Waals surface area contributed by atoms with E-state index in [2.05, 4.69) is 0 Å². The van der Waals surface area contributed by atoms with Crippen LogP contribution < -0.4 is 0 Å². The molecular weight excluding hydrogens is 222 g/mol. The molecule has 0 amide bonds. The highest BCUT2D eigenvalue weighted by atomic mass is 35.7. The topological polar surface area (TPSA) is 57.9 Å². The van der Waals surface area contributed by atoms with Crippen LogP contribution in [0.25, 0.3) is 0 Å². The lowest BCUT2D eigenvalue weighted by Crippen LogP contribution is -1.93. The van der Waals surface area contributed by atoms with Crippen LogP contribution in [0, 0.1) is 11.3 Å². The summed E-state index contributed by atoms with van der Waals surface area (Å²) in [5, 5.41) is 8.51. The zero-order valence-electron chi connectivity index (χ0n) is 7.86. The van der Waals surface area contributed by atoms with E-state index in [0.717, 1.165) is 0 Å². The molecule has 0 fully saturated rings. The lowest BCUT2D eigenvalue weighted by Gasteiger charge is -1.96. The minimum absolute atomic E-state index is 0.0625. The van der Waals surface area contributed by atoms with Gasteiger partial charge in [0.25, 0.3) is 9.05 Å². The fourth-order valence-electron chi connectivity index (χ4n) is 0.772. The minimum Gasteiger partial charge on any atom is -0.207 e. The van der Waals surface area contributed by atoms with Gasteiger partial charge in [-0.05, 0) is 12.1 Å². The third-order valence-corrected chi connectivity index (χ3v) is 2.65. The maximum atomic E-state index is 10.8. The van der Waals surface area contributed by atoms with Crippen LogP contribution in [0.4, 0.5) is 0 Å². The molecule has 0 bridgehead atoms. The number of hydrogen-bond donors (Lipinski definition) is 0. The first-order valence-corrected chi connectivity index (χ1v) is 6.30. The van der Waals surface area contributed by atoms with Gasteiger partial charge in [0, 0.05) is 10.7 Å². The molecule has 0 spiro atoms. The minimum atomic E-state index is -3.80. The van der Waals surface area contributed by atoms with E-state index in [1.54, 1.807) is 12.1 Å². The molecule has 0 unspecified atom stereocenters. The van der Waals surface area contributed by atoms with Crippen molar-refractivity contribution in [2.24, 2.45) is 0 Å². The van der Waals surface area contributed by atoms with Crippen LogP contribution in [0.2, 0.25) is 0 Å². The Morgan fingerprint density at radius 1 is 1.29 bits per heavy atom. The molecule has 0 heterocycles. The van der Waals surface area contributed by atoms with Crippen LogP contribution in [0.3, 0.4) is 0 Å². The predicted octanol–water partition coefficient (Wildman–Crippen LogP) is 2.51. The van der Waals surface area contributed by atoms with Crippen LogP contribution >= 0.6 is 10.7 Å². The Balaban J connectivity index is 0.000000791. The van der Waals surface area contributed by atoms with Gasteiger partial charge in [0.15, 0.2) is 0 Å². The molecule has 0 aliphatic rings. The highest BCUT2D eigenvalue weighted by Crippen LogP contribution is 2.18. The predicted molar refractivity (Wildman–Crippen MR) is 55.5 cm³/mol. The number of hydrogen-bond acceptors (Lipinski definition) is 3. The largest absolute Gasteiger partial charge is 0.262 e. The Morgan fingerprint density at radius 3 is 2.14 bits per heavy atom. The second-order valence-electron chi connectivity index (χ2n) is 2.05. The first kappa shape index (κ1) is 12.9. The zero-order chi connectivity index (χ0) is 11.2. The Kier molecular flexibility index (Phi) is 5.21. The summed E-state index contributed by atoms with van der Waals surface area (Å²) < 4.78 is 21.7. The molecule has 0 radical (unpaired) electrons. The molecular formula is C9H10ClNO2S. The van der Waals surface area contributed by atoms with Crippen LogP contribution in [0.15, 0.2) is 29.2 Å². The zero-order valence-corrected chi connectivity index (χ0v) is 9.43. The molecule has 0 N–H and O–H groups in total. The van der Waals surface area contributed by atoms with Crippen LogP contribution in [0.1, 0.15) is 19.4 Å². The molecule has 1 aromatic rings. The summed E-state index contributed by atoms with van der Waals surface area (Å²) in [4.78, 5) is -0.144. The van der Waals surface area contributed by atoms with E-state index in [-0.39, 0.29) is 10.5 Å². The molecule has 1 rings (SSSR count). The number of nitriles is 1. The van der Waals surface area contributed by atoms with Crippen molar-refractivity contribution < 1.29 is 8.42 Å². The van der Waals surface area contributed by atoms with Crippen molar-refractivity contribution in [3.8, 4) is 6.07 Å². The van der Waals surface area contributed by atoms with Gasteiger partial charge in [0.05, 0.1) is 5.56 Å².